The summed E-state index contributed by atoms with van der Waals surface area (Å²) in [5.41, 5.74) is 1.77. The molecule has 25 heavy (non-hydrogen) atoms. The Bertz CT molecular complexity index is 713. The molecule has 0 radical (unpaired) electrons. The summed E-state index contributed by atoms with van der Waals surface area (Å²) in [5, 5.41) is 7.28. The van der Waals surface area contributed by atoms with E-state index in [2.05, 4.69) is 28.3 Å². The van der Waals surface area contributed by atoms with Gasteiger partial charge in [-0.2, -0.15) is 5.10 Å². The van der Waals surface area contributed by atoms with Gasteiger partial charge in [0.15, 0.2) is 0 Å². The highest BCUT2D eigenvalue weighted by Gasteiger charge is 2.25. The molecule has 1 saturated heterocycles. The molecule has 2 aromatic rings. The van der Waals surface area contributed by atoms with Crippen LogP contribution in [0.2, 0.25) is 0 Å². The van der Waals surface area contributed by atoms with Crippen LogP contribution in [0, 0.1) is 5.92 Å². The van der Waals surface area contributed by atoms with Crippen LogP contribution in [0.4, 0.5) is 5.69 Å². The largest absolute Gasteiger partial charge is 0.495 e. The van der Waals surface area contributed by atoms with Crippen LogP contribution in [0.1, 0.15) is 30.3 Å². The van der Waals surface area contributed by atoms with E-state index in [9.17, 15) is 4.79 Å². The molecule has 1 N–H and O–H groups in total. The number of benzene rings is 1. The quantitative estimate of drug-likeness (QED) is 0.840. The normalized spacial score (nSPS) is 16.9. The first-order valence-electron chi connectivity index (χ1n) is 8.91. The second kappa shape index (κ2) is 8.05. The van der Waals surface area contributed by atoms with E-state index in [1.54, 1.807) is 24.1 Å². The smallest absolute Gasteiger partial charge is 0.269 e. The van der Waals surface area contributed by atoms with Crippen molar-refractivity contribution in [3.63, 3.8) is 0 Å². The lowest BCUT2D eigenvalue weighted by molar-refractivity contribution is 0.0937. The zero-order valence-corrected chi connectivity index (χ0v) is 14.9. The lowest BCUT2D eigenvalue weighted by Gasteiger charge is -2.21. The Morgan fingerprint density at radius 2 is 2.20 bits per heavy atom. The minimum Gasteiger partial charge on any atom is -0.495 e. The topological polar surface area (TPSA) is 59.4 Å². The van der Waals surface area contributed by atoms with Crippen molar-refractivity contribution in [2.45, 2.75) is 26.3 Å². The first-order valence-corrected chi connectivity index (χ1v) is 8.91. The summed E-state index contributed by atoms with van der Waals surface area (Å²) in [6.07, 6.45) is 3.70. The third-order valence-corrected chi connectivity index (χ3v) is 4.65. The molecule has 6 heteroatoms. The van der Waals surface area contributed by atoms with E-state index < -0.39 is 0 Å². The third kappa shape index (κ3) is 3.95. The average molecular weight is 342 g/mol. The Balaban J connectivity index is 1.55. The van der Waals surface area contributed by atoms with Crippen LogP contribution in [0.25, 0.3) is 0 Å². The number of methoxy groups -OCH3 is 1. The SMILES string of the molecule is CCCn1nccc1C(=O)NCC1CCN(c2ccccc2OC)C1. The molecular weight excluding hydrogens is 316 g/mol. The first kappa shape index (κ1) is 17.3. The number of ether oxygens (including phenoxy) is 1. The number of aryl methyl sites for hydroxylation is 1. The fourth-order valence-electron chi connectivity index (χ4n) is 3.35. The van der Waals surface area contributed by atoms with Gasteiger partial charge in [0, 0.05) is 32.4 Å². The Hall–Kier alpha value is -2.50. The number of carbonyl (C=O) groups excluding carboxylic acids is 1. The Kier molecular flexibility index (Phi) is 5.58. The van der Waals surface area contributed by atoms with Crippen LogP contribution in [0.3, 0.4) is 0 Å². The molecule has 0 saturated carbocycles. The van der Waals surface area contributed by atoms with Gasteiger partial charge in [0.1, 0.15) is 11.4 Å². The Morgan fingerprint density at radius 3 is 3.00 bits per heavy atom. The number of anilines is 1. The van der Waals surface area contributed by atoms with Gasteiger partial charge in [-0.05, 0) is 37.0 Å². The van der Waals surface area contributed by atoms with E-state index in [-0.39, 0.29) is 5.91 Å². The molecule has 0 bridgehead atoms. The molecule has 1 atom stereocenters. The molecule has 1 aliphatic rings. The number of nitrogens with zero attached hydrogens (tertiary/aromatic N) is 3. The second-order valence-electron chi connectivity index (χ2n) is 6.42. The van der Waals surface area contributed by atoms with Crippen molar-refractivity contribution in [2.24, 2.45) is 5.92 Å². The molecule has 3 rings (SSSR count). The van der Waals surface area contributed by atoms with E-state index in [1.165, 1.54) is 0 Å². The molecule has 1 aromatic heterocycles. The lowest BCUT2D eigenvalue weighted by Crippen LogP contribution is -2.32. The van der Waals surface area contributed by atoms with E-state index in [0.29, 0.717) is 18.2 Å². The Morgan fingerprint density at radius 1 is 1.36 bits per heavy atom. The van der Waals surface area contributed by atoms with Crippen LogP contribution in [-0.4, -0.2) is 42.4 Å². The van der Waals surface area contributed by atoms with Gasteiger partial charge < -0.3 is 15.0 Å². The maximum absolute atomic E-state index is 12.4. The molecule has 6 nitrogen and oxygen atoms in total. The van der Waals surface area contributed by atoms with Crippen molar-refractivity contribution >= 4 is 11.6 Å². The Labute approximate surface area is 148 Å². The van der Waals surface area contributed by atoms with E-state index in [0.717, 1.165) is 43.9 Å². The number of aromatic nitrogens is 2. The van der Waals surface area contributed by atoms with E-state index in [1.807, 2.05) is 18.2 Å². The van der Waals surface area contributed by atoms with Gasteiger partial charge in [-0.25, -0.2) is 0 Å². The first-order chi connectivity index (χ1) is 12.2. The second-order valence-corrected chi connectivity index (χ2v) is 6.42. The van der Waals surface area contributed by atoms with Gasteiger partial charge in [-0.15, -0.1) is 0 Å². The van der Waals surface area contributed by atoms with Gasteiger partial charge >= 0.3 is 0 Å². The monoisotopic (exact) mass is 342 g/mol. The highest BCUT2D eigenvalue weighted by atomic mass is 16.5. The average Bonchev–Trinajstić information content (AvgIpc) is 3.29. The number of hydrogen-bond donors (Lipinski definition) is 1. The molecular formula is C19H26N4O2. The molecule has 0 spiro atoms. The van der Waals surface area contributed by atoms with Gasteiger partial charge in [-0.1, -0.05) is 19.1 Å². The summed E-state index contributed by atoms with van der Waals surface area (Å²) in [6, 6.07) is 9.86. The summed E-state index contributed by atoms with van der Waals surface area (Å²) in [6.45, 7) is 5.43. The molecule has 1 aliphatic heterocycles. The summed E-state index contributed by atoms with van der Waals surface area (Å²) in [5.74, 6) is 1.30. The maximum Gasteiger partial charge on any atom is 0.269 e. The molecule has 1 unspecified atom stereocenters. The summed E-state index contributed by atoms with van der Waals surface area (Å²) >= 11 is 0. The fraction of sp³-hybridized carbons (Fsp3) is 0.474. The molecule has 134 valence electrons. The third-order valence-electron chi connectivity index (χ3n) is 4.65. The van der Waals surface area contributed by atoms with Crippen LogP contribution in [-0.2, 0) is 6.54 Å². The molecule has 1 aromatic carbocycles. The van der Waals surface area contributed by atoms with Crippen molar-refractivity contribution in [2.75, 3.05) is 31.6 Å². The van der Waals surface area contributed by atoms with E-state index in [4.69, 9.17) is 4.74 Å². The van der Waals surface area contributed by atoms with Crippen molar-refractivity contribution in [3.05, 3.63) is 42.2 Å². The summed E-state index contributed by atoms with van der Waals surface area (Å²) in [7, 11) is 1.70. The predicted molar refractivity (Wildman–Crippen MR) is 98.2 cm³/mol. The van der Waals surface area contributed by atoms with Crippen molar-refractivity contribution in [1.29, 1.82) is 0 Å². The standard InChI is InChI=1S/C19H26N4O2/c1-3-11-23-17(8-10-21-23)19(24)20-13-15-9-12-22(14-15)16-6-4-5-7-18(16)25-2/h4-8,10,15H,3,9,11-14H2,1-2H3,(H,20,24). The zero-order chi connectivity index (χ0) is 17.6. The van der Waals surface area contributed by atoms with Crippen LogP contribution < -0.4 is 15.0 Å². The maximum atomic E-state index is 12.4. The van der Waals surface area contributed by atoms with Crippen molar-refractivity contribution in [3.8, 4) is 5.75 Å². The van der Waals surface area contributed by atoms with Crippen molar-refractivity contribution in [1.82, 2.24) is 15.1 Å². The predicted octanol–water partition coefficient (Wildman–Crippen LogP) is 2.56. The minimum absolute atomic E-state index is 0.0401. The van der Waals surface area contributed by atoms with Crippen molar-refractivity contribution < 1.29 is 9.53 Å². The fourth-order valence-corrected chi connectivity index (χ4v) is 3.35. The molecule has 1 amide bonds. The number of carbonyl (C=O) groups is 1. The highest BCUT2D eigenvalue weighted by molar-refractivity contribution is 5.92. The lowest BCUT2D eigenvalue weighted by atomic mass is 10.1. The van der Waals surface area contributed by atoms with Crippen LogP contribution >= 0.6 is 0 Å². The zero-order valence-electron chi connectivity index (χ0n) is 14.9. The number of rotatable bonds is 7. The van der Waals surface area contributed by atoms with Gasteiger partial charge in [0.05, 0.1) is 12.8 Å². The molecule has 2 heterocycles. The molecule has 1 fully saturated rings. The number of amides is 1. The minimum atomic E-state index is -0.0401. The highest BCUT2D eigenvalue weighted by Crippen LogP contribution is 2.31. The van der Waals surface area contributed by atoms with Gasteiger partial charge in [0.25, 0.3) is 5.91 Å². The summed E-state index contributed by atoms with van der Waals surface area (Å²) in [4.78, 5) is 14.7. The molecule has 0 aliphatic carbocycles. The van der Waals surface area contributed by atoms with Gasteiger partial charge in [-0.3, -0.25) is 9.48 Å². The number of nitrogens with one attached hydrogen (secondary N) is 1. The number of hydrogen-bond acceptors (Lipinski definition) is 4. The van der Waals surface area contributed by atoms with Crippen LogP contribution in [0.15, 0.2) is 36.5 Å². The number of para-hydroxylation sites is 2. The summed E-state index contributed by atoms with van der Waals surface area (Å²) < 4.78 is 7.22. The van der Waals surface area contributed by atoms with Gasteiger partial charge in [0.2, 0.25) is 0 Å². The van der Waals surface area contributed by atoms with E-state index >= 15 is 0 Å². The van der Waals surface area contributed by atoms with Crippen LogP contribution in [0.5, 0.6) is 5.75 Å².